The van der Waals surface area contributed by atoms with Gasteiger partial charge < -0.3 is 9.30 Å². The molecule has 0 N–H and O–H groups in total. The second kappa shape index (κ2) is 6.06. The Bertz CT molecular complexity index is 590. The molecule has 19 heavy (non-hydrogen) atoms. The van der Waals surface area contributed by atoms with Crippen LogP contribution < -0.4 is 4.74 Å². The van der Waals surface area contributed by atoms with Gasteiger partial charge in [0, 0.05) is 30.9 Å². The molecule has 0 aliphatic heterocycles. The lowest BCUT2D eigenvalue weighted by atomic mass is 10.2. The molecule has 0 spiro atoms. The van der Waals surface area contributed by atoms with Gasteiger partial charge in [-0.2, -0.15) is 0 Å². The van der Waals surface area contributed by atoms with E-state index in [9.17, 15) is 4.79 Å². The van der Waals surface area contributed by atoms with Crippen molar-refractivity contribution in [3.05, 3.63) is 52.3 Å². The predicted molar refractivity (Wildman–Crippen MR) is 78.8 cm³/mol. The van der Waals surface area contributed by atoms with Gasteiger partial charge >= 0.3 is 0 Å². The van der Waals surface area contributed by atoms with Crippen molar-refractivity contribution in [1.29, 1.82) is 0 Å². The summed E-state index contributed by atoms with van der Waals surface area (Å²) in [5.74, 6) is 0.993. The summed E-state index contributed by atoms with van der Waals surface area (Å²) in [6.45, 7) is 2.61. The first-order valence-corrected chi connectivity index (χ1v) is 6.94. The third-order valence-electron chi connectivity index (χ3n) is 2.97. The maximum absolute atomic E-state index is 11.6. The van der Waals surface area contributed by atoms with E-state index in [2.05, 4.69) is 15.9 Å². The van der Waals surface area contributed by atoms with Crippen LogP contribution in [0.5, 0.6) is 5.75 Å². The third kappa shape index (κ3) is 3.26. The van der Waals surface area contributed by atoms with E-state index < -0.39 is 0 Å². The summed E-state index contributed by atoms with van der Waals surface area (Å²) < 4.78 is 8.15. The van der Waals surface area contributed by atoms with Crippen LogP contribution in [0, 0.1) is 0 Å². The molecule has 0 fully saturated rings. The zero-order chi connectivity index (χ0) is 13.8. The minimum Gasteiger partial charge on any atom is -0.496 e. The van der Waals surface area contributed by atoms with E-state index in [0.717, 1.165) is 27.9 Å². The Morgan fingerprint density at radius 3 is 2.79 bits per heavy atom. The van der Waals surface area contributed by atoms with Gasteiger partial charge in [-0.05, 0) is 39.7 Å². The van der Waals surface area contributed by atoms with E-state index in [0.29, 0.717) is 6.42 Å². The Labute approximate surface area is 121 Å². The molecule has 2 rings (SSSR count). The van der Waals surface area contributed by atoms with E-state index in [1.807, 2.05) is 48.1 Å². The highest BCUT2D eigenvalue weighted by Crippen LogP contribution is 2.25. The number of rotatable bonds is 5. The molecule has 0 unspecified atom stereocenters. The summed E-state index contributed by atoms with van der Waals surface area (Å²) in [6.07, 6.45) is 4.36. The molecule has 0 saturated heterocycles. The van der Waals surface area contributed by atoms with Crippen LogP contribution in [0.3, 0.4) is 0 Å². The first-order valence-electron chi connectivity index (χ1n) is 6.15. The van der Waals surface area contributed by atoms with Gasteiger partial charge in [0.2, 0.25) is 0 Å². The van der Waals surface area contributed by atoms with Crippen LogP contribution in [-0.4, -0.2) is 17.5 Å². The highest BCUT2D eigenvalue weighted by atomic mass is 79.9. The Balaban J connectivity index is 2.15. The summed E-state index contributed by atoms with van der Waals surface area (Å²) in [4.78, 5) is 11.6. The number of hydrogen-bond acceptors (Lipinski definition) is 2. The zero-order valence-corrected chi connectivity index (χ0v) is 12.6. The van der Waals surface area contributed by atoms with Crippen LogP contribution in [-0.2, 0) is 6.54 Å². The van der Waals surface area contributed by atoms with Crippen molar-refractivity contribution in [1.82, 2.24) is 4.57 Å². The molecule has 0 atom stereocenters. The summed E-state index contributed by atoms with van der Waals surface area (Å²) in [5, 5.41) is 0. The van der Waals surface area contributed by atoms with Crippen LogP contribution in [0.1, 0.15) is 29.3 Å². The standard InChI is InChI=1S/C15H16BrNO2/c1-3-14(18)12-6-7-17(10-12)9-11-4-5-15(19-2)13(16)8-11/h4-8,10H,3,9H2,1-2H3. The van der Waals surface area contributed by atoms with Crippen molar-refractivity contribution < 1.29 is 9.53 Å². The maximum atomic E-state index is 11.6. The summed E-state index contributed by atoms with van der Waals surface area (Å²) in [5.41, 5.74) is 1.92. The van der Waals surface area contributed by atoms with Crippen LogP contribution in [0.4, 0.5) is 0 Å². The summed E-state index contributed by atoms with van der Waals surface area (Å²) in [7, 11) is 1.65. The molecule has 0 radical (unpaired) electrons. The van der Waals surface area contributed by atoms with E-state index in [1.54, 1.807) is 7.11 Å². The lowest BCUT2D eigenvalue weighted by molar-refractivity contribution is 0.0988. The summed E-state index contributed by atoms with van der Waals surface area (Å²) >= 11 is 3.47. The van der Waals surface area contributed by atoms with Crippen molar-refractivity contribution >= 4 is 21.7 Å². The molecule has 1 aromatic heterocycles. The largest absolute Gasteiger partial charge is 0.496 e. The van der Waals surface area contributed by atoms with E-state index in [1.165, 1.54) is 0 Å². The fraction of sp³-hybridized carbons (Fsp3) is 0.267. The number of methoxy groups -OCH3 is 1. The first-order chi connectivity index (χ1) is 9.13. The lowest BCUT2D eigenvalue weighted by Crippen LogP contribution is -1.98. The van der Waals surface area contributed by atoms with E-state index in [-0.39, 0.29) is 5.78 Å². The molecular formula is C15H16BrNO2. The van der Waals surface area contributed by atoms with Crippen molar-refractivity contribution in [2.45, 2.75) is 19.9 Å². The quantitative estimate of drug-likeness (QED) is 0.782. The number of carbonyl (C=O) groups is 1. The number of halogens is 1. The average Bonchev–Trinajstić information content (AvgIpc) is 2.86. The number of nitrogens with zero attached hydrogens (tertiary/aromatic N) is 1. The lowest BCUT2D eigenvalue weighted by Gasteiger charge is -2.07. The van der Waals surface area contributed by atoms with Gasteiger partial charge in [0.1, 0.15) is 5.75 Å². The highest BCUT2D eigenvalue weighted by molar-refractivity contribution is 9.10. The number of hydrogen-bond donors (Lipinski definition) is 0. The number of aromatic nitrogens is 1. The molecule has 2 aromatic rings. The summed E-state index contributed by atoms with van der Waals surface area (Å²) in [6, 6.07) is 7.84. The molecule has 1 aromatic carbocycles. The Hall–Kier alpha value is -1.55. The first kappa shape index (κ1) is 13.9. The minimum atomic E-state index is 0.176. The molecular weight excluding hydrogens is 306 g/mol. The fourth-order valence-corrected chi connectivity index (χ4v) is 2.52. The Kier molecular flexibility index (Phi) is 4.43. The smallest absolute Gasteiger partial charge is 0.164 e. The van der Waals surface area contributed by atoms with E-state index in [4.69, 9.17) is 4.74 Å². The van der Waals surface area contributed by atoms with Gasteiger partial charge in [0.15, 0.2) is 5.78 Å². The molecule has 0 bridgehead atoms. The predicted octanol–water partition coefficient (Wildman–Crippen LogP) is 3.90. The number of ether oxygens (including phenoxy) is 1. The van der Waals surface area contributed by atoms with Crippen molar-refractivity contribution in [2.75, 3.05) is 7.11 Å². The topological polar surface area (TPSA) is 31.2 Å². The average molecular weight is 322 g/mol. The van der Waals surface area contributed by atoms with Crippen LogP contribution in [0.15, 0.2) is 41.1 Å². The van der Waals surface area contributed by atoms with E-state index >= 15 is 0 Å². The Morgan fingerprint density at radius 2 is 2.16 bits per heavy atom. The highest BCUT2D eigenvalue weighted by Gasteiger charge is 2.06. The van der Waals surface area contributed by atoms with Crippen molar-refractivity contribution in [3.63, 3.8) is 0 Å². The molecule has 3 nitrogen and oxygen atoms in total. The SMILES string of the molecule is CCC(=O)c1ccn(Cc2ccc(OC)c(Br)c2)c1. The maximum Gasteiger partial charge on any atom is 0.164 e. The number of benzene rings is 1. The normalized spacial score (nSPS) is 10.5. The molecule has 1 heterocycles. The Morgan fingerprint density at radius 1 is 1.37 bits per heavy atom. The molecule has 4 heteroatoms. The fourth-order valence-electron chi connectivity index (χ4n) is 1.93. The van der Waals surface area contributed by atoms with Gasteiger partial charge in [0.25, 0.3) is 0 Å². The number of carbonyl (C=O) groups excluding carboxylic acids is 1. The van der Waals surface area contributed by atoms with Gasteiger partial charge in [-0.15, -0.1) is 0 Å². The van der Waals surface area contributed by atoms with Gasteiger partial charge in [-0.25, -0.2) is 0 Å². The van der Waals surface area contributed by atoms with Crippen molar-refractivity contribution in [2.24, 2.45) is 0 Å². The van der Waals surface area contributed by atoms with Crippen LogP contribution >= 0.6 is 15.9 Å². The van der Waals surface area contributed by atoms with Crippen molar-refractivity contribution in [3.8, 4) is 5.75 Å². The molecule has 0 aliphatic rings. The van der Waals surface area contributed by atoms with Crippen LogP contribution in [0.25, 0.3) is 0 Å². The molecule has 0 saturated carbocycles. The minimum absolute atomic E-state index is 0.176. The zero-order valence-electron chi connectivity index (χ0n) is 11.0. The monoisotopic (exact) mass is 321 g/mol. The van der Waals surface area contributed by atoms with Crippen LogP contribution in [0.2, 0.25) is 0 Å². The van der Waals surface area contributed by atoms with Gasteiger partial charge in [-0.3, -0.25) is 4.79 Å². The third-order valence-corrected chi connectivity index (χ3v) is 3.59. The molecule has 0 amide bonds. The number of Topliss-reactive ketones (excluding diaryl/α,β-unsaturated/α-hetero) is 1. The number of ketones is 1. The second-order valence-corrected chi connectivity index (χ2v) is 5.17. The van der Waals surface area contributed by atoms with Gasteiger partial charge in [-0.1, -0.05) is 13.0 Å². The molecule has 0 aliphatic carbocycles. The second-order valence-electron chi connectivity index (χ2n) is 4.32. The van der Waals surface area contributed by atoms with Gasteiger partial charge in [0.05, 0.1) is 11.6 Å². The molecule has 100 valence electrons.